The van der Waals surface area contributed by atoms with Gasteiger partial charge in [0.25, 0.3) is 0 Å². The van der Waals surface area contributed by atoms with E-state index in [-0.39, 0.29) is 6.09 Å². The summed E-state index contributed by atoms with van der Waals surface area (Å²) >= 11 is 0. The highest BCUT2D eigenvalue weighted by Crippen LogP contribution is 2.20. The molecule has 0 radical (unpaired) electrons. The number of rotatable bonds is 3. The summed E-state index contributed by atoms with van der Waals surface area (Å²) in [6, 6.07) is 8.03. The van der Waals surface area contributed by atoms with Gasteiger partial charge in [0, 0.05) is 31.2 Å². The van der Waals surface area contributed by atoms with E-state index in [1.807, 2.05) is 39.0 Å². The van der Waals surface area contributed by atoms with Gasteiger partial charge in [-0.2, -0.15) is 0 Å². The number of ether oxygens (including phenoxy) is 2. The average molecular weight is 342 g/mol. The van der Waals surface area contributed by atoms with Crippen LogP contribution in [0.2, 0.25) is 0 Å². The van der Waals surface area contributed by atoms with Crippen LogP contribution >= 0.6 is 0 Å². The van der Waals surface area contributed by atoms with Crippen molar-refractivity contribution in [3.8, 4) is 0 Å². The molecule has 5 heteroatoms. The van der Waals surface area contributed by atoms with Crippen LogP contribution in [0.5, 0.6) is 0 Å². The Bertz CT molecular complexity index is 765. The minimum Gasteiger partial charge on any atom is -0.443 e. The fraction of sp³-hybridized carbons (Fsp3) is 0.450. The predicted octanol–water partition coefficient (Wildman–Crippen LogP) is 3.77. The topological polar surface area (TPSA) is 43.7 Å². The van der Waals surface area contributed by atoms with Gasteiger partial charge in [-0.15, -0.1) is 0 Å². The lowest BCUT2D eigenvalue weighted by molar-refractivity contribution is 0.0435. The van der Waals surface area contributed by atoms with Crippen molar-refractivity contribution >= 4 is 23.1 Å². The maximum Gasteiger partial charge on any atom is 0.418 e. The zero-order valence-electron chi connectivity index (χ0n) is 15.2. The summed E-state index contributed by atoms with van der Waals surface area (Å²) in [6.45, 7) is 10.1. The van der Waals surface area contributed by atoms with Crippen LogP contribution in [0.15, 0.2) is 36.5 Å². The van der Waals surface area contributed by atoms with E-state index < -0.39 is 5.60 Å². The number of carbonyl (C=O) groups excluding carboxylic acids is 1. The minimum absolute atomic E-state index is 0.349. The van der Waals surface area contributed by atoms with E-state index in [9.17, 15) is 4.79 Å². The first-order chi connectivity index (χ1) is 11.9. The Morgan fingerprint density at radius 1 is 1.24 bits per heavy atom. The van der Waals surface area contributed by atoms with Crippen LogP contribution in [-0.2, 0) is 9.47 Å². The monoisotopic (exact) mass is 342 g/mol. The molecular weight excluding hydrogens is 316 g/mol. The summed E-state index contributed by atoms with van der Waals surface area (Å²) < 4.78 is 12.4. The Hall–Kier alpha value is -2.11. The highest BCUT2D eigenvalue weighted by Gasteiger charge is 2.18. The molecule has 1 aliphatic heterocycles. The van der Waals surface area contributed by atoms with Crippen molar-refractivity contribution in [2.45, 2.75) is 26.4 Å². The van der Waals surface area contributed by atoms with E-state index in [1.54, 1.807) is 10.8 Å². The van der Waals surface area contributed by atoms with Crippen LogP contribution in [0.25, 0.3) is 17.0 Å². The molecule has 25 heavy (non-hydrogen) atoms. The summed E-state index contributed by atoms with van der Waals surface area (Å²) in [5.41, 5.74) is 1.48. The van der Waals surface area contributed by atoms with Crippen LogP contribution in [0.4, 0.5) is 4.79 Å². The average Bonchev–Trinajstić information content (AvgIpc) is 2.97. The van der Waals surface area contributed by atoms with Gasteiger partial charge in [-0.05, 0) is 44.5 Å². The third kappa shape index (κ3) is 4.71. The van der Waals surface area contributed by atoms with Gasteiger partial charge in [0.15, 0.2) is 0 Å². The molecule has 0 unspecified atom stereocenters. The standard InChI is InChI=1S/C20H26N2O3/c1-20(2,3)25-19(23)22-10-8-17-15-16(6-7-18(17)22)5-4-9-21-11-13-24-14-12-21/h4-8,10,15H,9,11-14H2,1-3H3/b5-4+. The van der Waals surface area contributed by atoms with Gasteiger partial charge in [0.05, 0.1) is 18.7 Å². The molecule has 1 saturated heterocycles. The Balaban J connectivity index is 1.69. The maximum atomic E-state index is 12.3. The number of aromatic nitrogens is 1. The van der Waals surface area contributed by atoms with E-state index in [0.717, 1.165) is 49.3 Å². The van der Waals surface area contributed by atoms with Crippen LogP contribution in [-0.4, -0.2) is 54.0 Å². The lowest BCUT2D eigenvalue weighted by Gasteiger charge is -2.25. The van der Waals surface area contributed by atoms with Gasteiger partial charge in [-0.3, -0.25) is 9.47 Å². The Morgan fingerprint density at radius 3 is 2.72 bits per heavy atom. The zero-order chi connectivity index (χ0) is 17.9. The van der Waals surface area contributed by atoms with Crippen molar-refractivity contribution in [2.24, 2.45) is 0 Å². The molecule has 1 aromatic carbocycles. The van der Waals surface area contributed by atoms with Gasteiger partial charge < -0.3 is 9.47 Å². The summed E-state index contributed by atoms with van der Waals surface area (Å²) in [6.07, 6.45) is 5.72. The van der Waals surface area contributed by atoms with Crippen molar-refractivity contribution in [3.05, 3.63) is 42.1 Å². The fourth-order valence-electron chi connectivity index (χ4n) is 2.86. The summed E-state index contributed by atoms with van der Waals surface area (Å²) in [5.74, 6) is 0. The fourth-order valence-corrected chi connectivity index (χ4v) is 2.86. The van der Waals surface area contributed by atoms with E-state index in [2.05, 4.69) is 23.1 Å². The molecule has 0 amide bonds. The second-order valence-corrected chi connectivity index (χ2v) is 7.30. The van der Waals surface area contributed by atoms with E-state index in [0.29, 0.717) is 0 Å². The maximum absolute atomic E-state index is 12.3. The quantitative estimate of drug-likeness (QED) is 0.852. The van der Waals surface area contributed by atoms with E-state index >= 15 is 0 Å². The van der Waals surface area contributed by atoms with Crippen molar-refractivity contribution in [1.29, 1.82) is 0 Å². The molecule has 5 nitrogen and oxygen atoms in total. The molecule has 1 aliphatic rings. The van der Waals surface area contributed by atoms with Crippen LogP contribution in [0.1, 0.15) is 26.3 Å². The van der Waals surface area contributed by atoms with Crippen molar-refractivity contribution < 1.29 is 14.3 Å². The number of morpholine rings is 1. The molecule has 3 rings (SSSR count). The van der Waals surface area contributed by atoms with Gasteiger partial charge in [0.2, 0.25) is 0 Å². The molecule has 1 aromatic heterocycles. The molecule has 0 spiro atoms. The first-order valence-electron chi connectivity index (χ1n) is 8.73. The number of hydrogen-bond acceptors (Lipinski definition) is 4. The van der Waals surface area contributed by atoms with Gasteiger partial charge in [-0.1, -0.05) is 18.2 Å². The van der Waals surface area contributed by atoms with Crippen LogP contribution < -0.4 is 0 Å². The van der Waals surface area contributed by atoms with Crippen molar-refractivity contribution in [3.63, 3.8) is 0 Å². The number of fused-ring (bicyclic) bond motifs is 1. The lowest BCUT2D eigenvalue weighted by atomic mass is 10.1. The second-order valence-electron chi connectivity index (χ2n) is 7.30. The molecule has 0 saturated carbocycles. The molecule has 2 aromatic rings. The zero-order valence-corrected chi connectivity index (χ0v) is 15.2. The molecule has 0 N–H and O–H groups in total. The SMILES string of the molecule is CC(C)(C)OC(=O)n1ccc2cc(/C=C/CN3CCOCC3)ccc21. The predicted molar refractivity (Wildman–Crippen MR) is 99.9 cm³/mol. The third-order valence-electron chi connectivity index (χ3n) is 4.08. The number of hydrogen-bond donors (Lipinski definition) is 0. The van der Waals surface area contributed by atoms with Crippen LogP contribution in [0.3, 0.4) is 0 Å². The molecule has 0 bridgehead atoms. The minimum atomic E-state index is -0.504. The first-order valence-corrected chi connectivity index (χ1v) is 8.73. The largest absolute Gasteiger partial charge is 0.443 e. The Morgan fingerprint density at radius 2 is 2.00 bits per heavy atom. The third-order valence-corrected chi connectivity index (χ3v) is 4.08. The molecule has 134 valence electrons. The molecular formula is C20H26N2O3. The van der Waals surface area contributed by atoms with Gasteiger partial charge >= 0.3 is 6.09 Å². The molecule has 1 fully saturated rings. The number of benzene rings is 1. The van der Waals surface area contributed by atoms with E-state index in [4.69, 9.17) is 9.47 Å². The van der Waals surface area contributed by atoms with Gasteiger partial charge in [0.1, 0.15) is 5.60 Å². The highest BCUT2D eigenvalue weighted by atomic mass is 16.6. The van der Waals surface area contributed by atoms with Gasteiger partial charge in [-0.25, -0.2) is 4.79 Å². The first kappa shape index (κ1) is 17.7. The number of carbonyl (C=O) groups is 1. The van der Waals surface area contributed by atoms with Crippen LogP contribution in [0, 0.1) is 0 Å². The number of nitrogens with zero attached hydrogens (tertiary/aromatic N) is 2. The lowest BCUT2D eigenvalue weighted by Crippen LogP contribution is -2.36. The smallest absolute Gasteiger partial charge is 0.418 e. The Labute approximate surface area is 148 Å². The summed E-state index contributed by atoms with van der Waals surface area (Å²) in [4.78, 5) is 14.7. The molecule has 2 heterocycles. The molecule has 0 atom stereocenters. The van der Waals surface area contributed by atoms with E-state index in [1.165, 1.54) is 0 Å². The van der Waals surface area contributed by atoms with Crippen molar-refractivity contribution in [2.75, 3.05) is 32.8 Å². The highest BCUT2D eigenvalue weighted by molar-refractivity contribution is 5.90. The second kappa shape index (κ2) is 7.42. The Kier molecular flexibility index (Phi) is 5.25. The van der Waals surface area contributed by atoms with Crippen molar-refractivity contribution in [1.82, 2.24) is 9.47 Å². The normalized spacial score (nSPS) is 16.6. The molecule has 0 aliphatic carbocycles. The summed E-state index contributed by atoms with van der Waals surface area (Å²) in [5, 5.41) is 1.03. The summed E-state index contributed by atoms with van der Waals surface area (Å²) in [7, 11) is 0.